The van der Waals surface area contributed by atoms with Crippen LogP contribution in [0.3, 0.4) is 0 Å². The summed E-state index contributed by atoms with van der Waals surface area (Å²) in [5, 5.41) is 0. The van der Waals surface area contributed by atoms with Crippen LogP contribution >= 0.6 is 0 Å². The minimum Gasteiger partial charge on any atom is -0.494 e. The largest absolute Gasteiger partial charge is 0.494 e. The van der Waals surface area contributed by atoms with Crippen LogP contribution in [0.5, 0.6) is 5.75 Å². The number of hydrogen-bond donors (Lipinski definition) is 1. The quantitative estimate of drug-likeness (QED) is 0.808. The fourth-order valence-corrected chi connectivity index (χ4v) is 2.21. The second kappa shape index (κ2) is 7.39. The van der Waals surface area contributed by atoms with Crippen molar-refractivity contribution in [3.63, 3.8) is 0 Å². The van der Waals surface area contributed by atoms with Gasteiger partial charge in [-0.2, -0.15) is 0 Å². The van der Waals surface area contributed by atoms with Gasteiger partial charge in [-0.15, -0.1) is 0 Å². The van der Waals surface area contributed by atoms with Crippen molar-refractivity contribution in [3.05, 3.63) is 29.8 Å². The van der Waals surface area contributed by atoms with Crippen LogP contribution in [-0.4, -0.2) is 31.6 Å². The second-order valence-electron chi connectivity index (χ2n) is 5.19. The topological polar surface area (TPSA) is 38.5 Å². The molecule has 1 aromatic rings. The van der Waals surface area contributed by atoms with E-state index in [2.05, 4.69) is 31.9 Å². The van der Waals surface area contributed by atoms with Gasteiger partial charge in [-0.25, -0.2) is 0 Å². The van der Waals surface area contributed by atoms with Crippen molar-refractivity contribution in [2.75, 3.05) is 26.7 Å². The molecule has 3 nitrogen and oxygen atoms in total. The predicted octanol–water partition coefficient (Wildman–Crippen LogP) is 2.67. The van der Waals surface area contributed by atoms with Crippen LogP contribution < -0.4 is 10.5 Å². The Balaban J connectivity index is 2.68. The van der Waals surface area contributed by atoms with E-state index in [4.69, 9.17) is 10.5 Å². The number of hydrogen-bond acceptors (Lipinski definition) is 3. The Morgan fingerprint density at radius 3 is 2.50 bits per heavy atom. The summed E-state index contributed by atoms with van der Waals surface area (Å²) in [4.78, 5) is 2.28. The van der Waals surface area contributed by atoms with Gasteiger partial charge in [-0.05, 0) is 26.0 Å². The van der Waals surface area contributed by atoms with Gasteiger partial charge in [0, 0.05) is 24.7 Å². The van der Waals surface area contributed by atoms with Gasteiger partial charge in [0.25, 0.3) is 0 Å². The Bertz CT molecular complexity index is 352. The zero-order valence-corrected chi connectivity index (χ0v) is 12.0. The van der Waals surface area contributed by atoms with Crippen molar-refractivity contribution < 1.29 is 4.74 Å². The molecule has 0 bridgehead atoms. The molecule has 0 aliphatic carbocycles. The Labute approximate surface area is 111 Å². The van der Waals surface area contributed by atoms with Gasteiger partial charge in [0.2, 0.25) is 0 Å². The monoisotopic (exact) mass is 250 g/mol. The maximum Gasteiger partial charge on any atom is 0.124 e. The van der Waals surface area contributed by atoms with Crippen molar-refractivity contribution in [2.24, 2.45) is 11.7 Å². The van der Waals surface area contributed by atoms with Gasteiger partial charge >= 0.3 is 0 Å². The van der Waals surface area contributed by atoms with Crippen LogP contribution in [0.25, 0.3) is 0 Å². The minimum atomic E-state index is -0.00324. The zero-order chi connectivity index (χ0) is 13.5. The fourth-order valence-electron chi connectivity index (χ4n) is 2.21. The molecule has 0 aliphatic rings. The van der Waals surface area contributed by atoms with Crippen LogP contribution in [0.4, 0.5) is 0 Å². The third-order valence-corrected chi connectivity index (χ3v) is 2.80. The first kappa shape index (κ1) is 15.0. The zero-order valence-electron chi connectivity index (χ0n) is 12.0. The smallest absolute Gasteiger partial charge is 0.124 e. The van der Waals surface area contributed by atoms with Gasteiger partial charge < -0.3 is 15.4 Å². The third-order valence-electron chi connectivity index (χ3n) is 2.80. The molecule has 0 heterocycles. The molecule has 1 aromatic carbocycles. The Kier molecular flexibility index (Phi) is 6.16. The summed E-state index contributed by atoms with van der Waals surface area (Å²) in [6.07, 6.45) is 0. The number of nitrogens with zero attached hydrogens (tertiary/aromatic N) is 1. The lowest BCUT2D eigenvalue weighted by molar-refractivity contribution is 0.274. The van der Waals surface area contributed by atoms with Crippen LogP contribution in [0.15, 0.2) is 24.3 Å². The highest BCUT2D eigenvalue weighted by molar-refractivity contribution is 5.35. The highest BCUT2D eigenvalue weighted by atomic mass is 16.5. The Hall–Kier alpha value is -1.06. The van der Waals surface area contributed by atoms with Crippen molar-refractivity contribution in [1.29, 1.82) is 0 Å². The van der Waals surface area contributed by atoms with E-state index in [1.165, 1.54) is 0 Å². The number of likely N-dealkylation sites (N-methyl/N-ethyl adjacent to an activating group) is 1. The Morgan fingerprint density at radius 1 is 1.22 bits per heavy atom. The van der Waals surface area contributed by atoms with Crippen LogP contribution in [0.2, 0.25) is 0 Å². The molecule has 18 heavy (non-hydrogen) atoms. The molecule has 0 saturated carbocycles. The molecule has 0 spiro atoms. The second-order valence-corrected chi connectivity index (χ2v) is 5.19. The Morgan fingerprint density at radius 2 is 1.89 bits per heavy atom. The molecular formula is C15H26N2O. The van der Waals surface area contributed by atoms with Crippen molar-refractivity contribution >= 4 is 0 Å². The highest BCUT2D eigenvalue weighted by Gasteiger charge is 2.14. The fraction of sp³-hybridized carbons (Fsp3) is 0.600. The van der Waals surface area contributed by atoms with E-state index in [9.17, 15) is 0 Å². The lowest BCUT2D eigenvalue weighted by Gasteiger charge is -2.24. The van der Waals surface area contributed by atoms with Gasteiger partial charge in [0.1, 0.15) is 5.75 Å². The van der Waals surface area contributed by atoms with Crippen LogP contribution in [0.1, 0.15) is 32.4 Å². The van der Waals surface area contributed by atoms with Crippen LogP contribution in [0, 0.1) is 5.92 Å². The number of benzene rings is 1. The molecule has 1 atom stereocenters. The molecule has 0 fully saturated rings. The predicted molar refractivity (Wildman–Crippen MR) is 76.9 cm³/mol. The van der Waals surface area contributed by atoms with Gasteiger partial charge in [-0.3, -0.25) is 0 Å². The van der Waals surface area contributed by atoms with Gasteiger partial charge in [-0.1, -0.05) is 32.0 Å². The molecule has 1 rings (SSSR count). The molecule has 0 saturated heterocycles. The van der Waals surface area contributed by atoms with E-state index in [1.807, 2.05) is 25.1 Å². The van der Waals surface area contributed by atoms with E-state index in [0.29, 0.717) is 12.5 Å². The van der Waals surface area contributed by atoms with Crippen LogP contribution in [-0.2, 0) is 0 Å². The summed E-state index contributed by atoms with van der Waals surface area (Å²) < 4.78 is 5.62. The minimum absolute atomic E-state index is 0.00324. The number of rotatable bonds is 7. The lowest BCUT2D eigenvalue weighted by Crippen LogP contribution is -2.31. The van der Waals surface area contributed by atoms with Crippen molar-refractivity contribution in [3.8, 4) is 5.75 Å². The molecular weight excluding hydrogens is 224 g/mol. The molecule has 102 valence electrons. The molecule has 0 radical (unpaired) electrons. The molecule has 2 N–H and O–H groups in total. The first-order chi connectivity index (χ1) is 8.54. The van der Waals surface area contributed by atoms with E-state index in [0.717, 1.165) is 24.4 Å². The summed E-state index contributed by atoms with van der Waals surface area (Å²) >= 11 is 0. The SMILES string of the molecule is CCOc1ccccc1C(N)CN(C)CC(C)C. The van der Waals surface area contributed by atoms with E-state index in [-0.39, 0.29) is 6.04 Å². The number of ether oxygens (including phenoxy) is 1. The highest BCUT2D eigenvalue weighted by Crippen LogP contribution is 2.24. The third kappa shape index (κ3) is 4.67. The van der Waals surface area contributed by atoms with Crippen molar-refractivity contribution in [1.82, 2.24) is 4.90 Å². The lowest BCUT2D eigenvalue weighted by atomic mass is 10.1. The van der Waals surface area contributed by atoms with Gasteiger partial charge in [0.05, 0.1) is 6.61 Å². The molecule has 0 aromatic heterocycles. The average molecular weight is 250 g/mol. The van der Waals surface area contributed by atoms with Crippen molar-refractivity contribution in [2.45, 2.75) is 26.8 Å². The summed E-state index contributed by atoms with van der Waals surface area (Å²) in [7, 11) is 2.11. The number of nitrogens with two attached hydrogens (primary N) is 1. The molecule has 0 aliphatic heterocycles. The first-order valence-corrected chi connectivity index (χ1v) is 6.70. The summed E-state index contributed by atoms with van der Waals surface area (Å²) in [6, 6.07) is 8.04. The van der Waals surface area contributed by atoms with E-state index in [1.54, 1.807) is 0 Å². The first-order valence-electron chi connectivity index (χ1n) is 6.70. The maximum atomic E-state index is 6.28. The molecule has 0 amide bonds. The number of para-hydroxylation sites is 1. The average Bonchev–Trinajstić information content (AvgIpc) is 2.28. The van der Waals surface area contributed by atoms with E-state index >= 15 is 0 Å². The van der Waals surface area contributed by atoms with Gasteiger partial charge in [0.15, 0.2) is 0 Å². The standard InChI is InChI=1S/C15H26N2O/c1-5-18-15-9-7-6-8-13(15)14(16)11-17(4)10-12(2)3/h6-9,12,14H,5,10-11,16H2,1-4H3. The summed E-state index contributed by atoms with van der Waals surface area (Å²) in [6.45, 7) is 9.01. The normalized spacial score (nSPS) is 13.1. The molecule has 1 unspecified atom stereocenters. The summed E-state index contributed by atoms with van der Waals surface area (Å²) in [5.74, 6) is 1.56. The summed E-state index contributed by atoms with van der Waals surface area (Å²) in [5.41, 5.74) is 7.37. The van der Waals surface area contributed by atoms with E-state index < -0.39 is 0 Å². The maximum absolute atomic E-state index is 6.28. The molecule has 3 heteroatoms.